The van der Waals surface area contributed by atoms with Gasteiger partial charge >= 0.3 is 0 Å². The van der Waals surface area contributed by atoms with Gasteiger partial charge in [0.1, 0.15) is 5.75 Å². The monoisotopic (exact) mass is 218 g/mol. The van der Waals surface area contributed by atoms with Gasteiger partial charge in [-0.05, 0) is 17.7 Å². The molecule has 0 aromatic heterocycles. The van der Waals surface area contributed by atoms with Crippen LogP contribution in [0.1, 0.15) is 17.9 Å². The Bertz CT molecular complexity index is 392. The van der Waals surface area contributed by atoms with E-state index in [0.717, 1.165) is 11.3 Å². The Morgan fingerprint density at radius 2 is 2.12 bits per heavy atom. The molecule has 1 unspecified atom stereocenters. The smallest absolute Gasteiger partial charge is 0.221 e. The Morgan fingerprint density at radius 3 is 2.56 bits per heavy atom. The average Bonchev–Trinajstić information content (AvgIpc) is 2.35. The molecule has 0 aliphatic carbocycles. The summed E-state index contributed by atoms with van der Waals surface area (Å²) in [5.74, 6) is 0.189. The van der Waals surface area contributed by atoms with Crippen LogP contribution in [0.4, 0.5) is 0 Å². The first kappa shape index (κ1) is 12.1. The zero-order valence-corrected chi connectivity index (χ0v) is 9.36. The van der Waals surface area contributed by atoms with Crippen molar-refractivity contribution in [1.82, 2.24) is 5.32 Å². The fourth-order valence-electron chi connectivity index (χ4n) is 1.36. The molecule has 0 aliphatic rings. The molecule has 0 saturated heterocycles. The largest absolute Gasteiger partial charge is 0.497 e. The van der Waals surface area contributed by atoms with Crippen LogP contribution in [0.25, 0.3) is 0 Å². The van der Waals surface area contributed by atoms with Crippen LogP contribution in [-0.2, 0) is 4.79 Å². The maximum Gasteiger partial charge on any atom is 0.221 e. The second-order valence-electron chi connectivity index (χ2n) is 3.33. The molecular formula is C12H14N2O2. The summed E-state index contributed by atoms with van der Waals surface area (Å²) < 4.78 is 5.02. The highest BCUT2D eigenvalue weighted by molar-refractivity contribution is 5.77. The molecule has 4 nitrogen and oxygen atoms in total. The first-order chi connectivity index (χ1) is 7.71. The SMILES string of the molecule is CNC(=O)CC(C#N)c1ccc(OC)cc1. The normalized spacial score (nSPS) is 11.3. The van der Waals surface area contributed by atoms with Crippen LogP contribution in [0.2, 0.25) is 0 Å². The summed E-state index contributed by atoms with van der Waals surface area (Å²) in [6.07, 6.45) is 0.180. The van der Waals surface area contributed by atoms with Gasteiger partial charge in [-0.25, -0.2) is 0 Å². The lowest BCUT2D eigenvalue weighted by molar-refractivity contribution is -0.120. The number of benzene rings is 1. The topological polar surface area (TPSA) is 62.1 Å². The second-order valence-corrected chi connectivity index (χ2v) is 3.33. The van der Waals surface area contributed by atoms with E-state index >= 15 is 0 Å². The number of nitrogens with zero attached hydrogens (tertiary/aromatic N) is 1. The Hall–Kier alpha value is -2.02. The zero-order chi connectivity index (χ0) is 12.0. The van der Waals surface area contributed by atoms with E-state index in [2.05, 4.69) is 11.4 Å². The van der Waals surface area contributed by atoms with Gasteiger partial charge in [-0.3, -0.25) is 4.79 Å². The lowest BCUT2D eigenvalue weighted by Crippen LogP contribution is -2.20. The summed E-state index contributed by atoms with van der Waals surface area (Å²) >= 11 is 0. The molecule has 0 aliphatic heterocycles. The van der Waals surface area contributed by atoms with E-state index in [9.17, 15) is 4.79 Å². The van der Waals surface area contributed by atoms with Crippen LogP contribution < -0.4 is 10.1 Å². The van der Waals surface area contributed by atoms with Crippen LogP contribution in [0.3, 0.4) is 0 Å². The molecule has 4 heteroatoms. The molecule has 0 heterocycles. The molecule has 1 N–H and O–H groups in total. The molecule has 1 aromatic carbocycles. The van der Waals surface area contributed by atoms with Crippen molar-refractivity contribution in [3.05, 3.63) is 29.8 Å². The number of hydrogen-bond donors (Lipinski definition) is 1. The van der Waals surface area contributed by atoms with Crippen LogP contribution >= 0.6 is 0 Å². The lowest BCUT2D eigenvalue weighted by atomic mass is 9.97. The summed E-state index contributed by atoms with van der Waals surface area (Å²) in [4.78, 5) is 11.2. The van der Waals surface area contributed by atoms with Gasteiger partial charge in [-0.15, -0.1) is 0 Å². The third kappa shape index (κ3) is 2.99. The van der Waals surface area contributed by atoms with Gasteiger partial charge in [-0.1, -0.05) is 12.1 Å². The van der Waals surface area contributed by atoms with Crippen molar-refractivity contribution in [2.45, 2.75) is 12.3 Å². The number of carbonyl (C=O) groups is 1. The van der Waals surface area contributed by atoms with E-state index in [1.807, 2.05) is 0 Å². The molecule has 84 valence electrons. The Labute approximate surface area is 94.8 Å². The molecule has 0 fully saturated rings. The van der Waals surface area contributed by atoms with Crippen molar-refractivity contribution in [2.24, 2.45) is 0 Å². The number of nitriles is 1. The molecule has 1 atom stereocenters. The molecular weight excluding hydrogens is 204 g/mol. The average molecular weight is 218 g/mol. The Morgan fingerprint density at radius 1 is 1.50 bits per heavy atom. The standard InChI is InChI=1S/C12H14N2O2/c1-14-12(15)7-10(8-13)9-3-5-11(16-2)6-4-9/h3-6,10H,7H2,1-2H3,(H,14,15). The predicted molar refractivity (Wildman–Crippen MR) is 60.0 cm³/mol. The molecule has 16 heavy (non-hydrogen) atoms. The number of rotatable bonds is 4. The third-order valence-electron chi connectivity index (χ3n) is 2.34. The van der Waals surface area contributed by atoms with Crippen molar-refractivity contribution in [1.29, 1.82) is 5.26 Å². The summed E-state index contributed by atoms with van der Waals surface area (Å²) in [6.45, 7) is 0. The van der Waals surface area contributed by atoms with E-state index in [-0.39, 0.29) is 12.3 Å². The maximum absolute atomic E-state index is 11.2. The number of nitrogens with one attached hydrogen (secondary N) is 1. The van der Waals surface area contributed by atoms with Gasteiger partial charge in [-0.2, -0.15) is 5.26 Å². The zero-order valence-electron chi connectivity index (χ0n) is 9.36. The number of ether oxygens (including phenoxy) is 1. The summed E-state index contributed by atoms with van der Waals surface area (Å²) in [7, 11) is 3.14. The number of carbonyl (C=O) groups excluding carboxylic acids is 1. The Kier molecular flexibility index (Phi) is 4.34. The molecule has 0 spiro atoms. The predicted octanol–water partition coefficient (Wildman–Crippen LogP) is 1.44. The second kappa shape index (κ2) is 5.76. The first-order valence-electron chi connectivity index (χ1n) is 4.95. The Balaban J connectivity index is 2.79. The van der Waals surface area contributed by atoms with Crippen molar-refractivity contribution < 1.29 is 9.53 Å². The van der Waals surface area contributed by atoms with E-state index < -0.39 is 5.92 Å². The number of hydrogen-bond acceptors (Lipinski definition) is 3. The number of methoxy groups -OCH3 is 1. The highest BCUT2D eigenvalue weighted by Gasteiger charge is 2.14. The van der Waals surface area contributed by atoms with Crippen molar-refractivity contribution >= 4 is 5.91 Å². The quantitative estimate of drug-likeness (QED) is 0.831. The third-order valence-corrected chi connectivity index (χ3v) is 2.34. The van der Waals surface area contributed by atoms with Crippen LogP contribution in [0.15, 0.2) is 24.3 Å². The van der Waals surface area contributed by atoms with Crippen LogP contribution in [0.5, 0.6) is 5.75 Å². The van der Waals surface area contributed by atoms with E-state index in [4.69, 9.17) is 10.00 Å². The fraction of sp³-hybridized carbons (Fsp3) is 0.333. The molecule has 1 rings (SSSR count). The minimum Gasteiger partial charge on any atom is -0.497 e. The van der Waals surface area contributed by atoms with Gasteiger partial charge in [0.15, 0.2) is 0 Å². The van der Waals surface area contributed by atoms with Gasteiger partial charge in [0.2, 0.25) is 5.91 Å². The van der Waals surface area contributed by atoms with Crippen molar-refractivity contribution in [3.63, 3.8) is 0 Å². The van der Waals surface area contributed by atoms with E-state index in [1.165, 1.54) is 0 Å². The van der Waals surface area contributed by atoms with Gasteiger partial charge in [0.25, 0.3) is 0 Å². The van der Waals surface area contributed by atoms with E-state index in [0.29, 0.717) is 0 Å². The molecule has 0 bridgehead atoms. The van der Waals surface area contributed by atoms with Gasteiger partial charge in [0.05, 0.1) is 19.1 Å². The van der Waals surface area contributed by atoms with Gasteiger partial charge in [0, 0.05) is 13.5 Å². The van der Waals surface area contributed by atoms with Crippen LogP contribution in [-0.4, -0.2) is 20.1 Å². The number of amides is 1. The summed E-state index contributed by atoms with van der Waals surface area (Å²) in [5, 5.41) is 11.5. The first-order valence-corrected chi connectivity index (χ1v) is 4.95. The highest BCUT2D eigenvalue weighted by atomic mass is 16.5. The molecule has 1 aromatic rings. The molecule has 1 amide bonds. The van der Waals surface area contributed by atoms with E-state index in [1.54, 1.807) is 38.4 Å². The summed E-state index contributed by atoms with van der Waals surface area (Å²) in [5.41, 5.74) is 0.826. The highest BCUT2D eigenvalue weighted by Crippen LogP contribution is 2.21. The minimum atomic E-state index is -0.411. The lowest BCUT2D eigenvalue weighted by Gasteiger charge is -2.09. The molecule has 0 radical (unpaired) electrons. The minimum absolute atomic E-state index is 0.137. The van der Waals surface area contributed by atoms with Gasteiger partial charge < -0.3 is 10.1 Å². The summed E-state index contributed by atoms with van der Waals surface area (Å²) in [6, 6.07) is 9.28. The van der Waals surface area contributed by atoms with Crippen LogP contribution in [0, 0.1) is 11.3 Å². The van der Waals surface area contributed by atoms with Crippen molar-refractivity contribution in [3.8, 4) is 11.8 Å². The fourth-order valence-corrected chi connectivity index (χ4v) is 1.36. The maximum atomic E-state index is 11.2. The van der Waals surface area contributed by atoms with Crippen molar-refractivity contribution in [2.75, 3.05) is 14.2 Å². The molecule has 0 saturated carbocycles.